The number of hydrogen-bond donors (Lipinski definition) is 2. The number of unbranched alkanes of at least 4 members (excludes halogenated alkanes) is 4. The van der Waals surface area contributed by atoms with Crippen LogP contribution in [0, 0.1) is 17.8 Å². The van der Waals surface area contributed by atoms with Crippen molar-refractivity contribution in [2.75, 3.05) is 0 Å². The van der Waals surface area contributed by atoms with Crippen LogP contribution in [0.3, 0.4) is 0 Å². The van der Waals surface area contributed by atoms with Gasteiger partial charge in [0.05, 0.1) is 0 Å². The van der Waals surface area contributed by atoms with Gasteiger partial charge in [-0.1, -0.05) is 59.3 Å². The molecule has 0 radical (unpaired) electrons. The predicted molar refractivity (Wildman–Crippen MR) is 82.2 cm³/mol. The summed E-state index contributed by atoms with van der Waals surface area (Å²) in [5.41, 5.74) is 0. The second-order valence-corrected chi connectivity index (χ2v) is 5.67. The first-order valence-electron chi connectivity index (χ1n) is 7.35. The molecule has 4 nitrogen and oxygen atoms in total. The summed E-state index contributed by atoms with van der Waals surface area (Å²) in [5.74, 6) is -3.19. The summed E-state index contributed by atoms with van der Waals surface area (Å²) in [7, 11) is 0. The summed E-state index contributed by atoms with van der Waals surface area (Å²) in [4.78, 5) is 21.9. The zero-order valence-corrected chi connectivity index (χ0v) is 12.4. The topological polar surface area (TPSA) is 74.6 Å². The van der Waals surface area contributed by atoms with E-state index >= 15 is 0 Å². The Morgan fingerprint density at radius 2 is 1.45 bits per heavy atom. The molecule has 0 spiro atoms. The fraction of sp³-hybridized carbons (Fsp3) is 0.867. The van der Waals surface area contributed by atoms with Crippen molar-refractivity contribution in [1.29, 1.82) is 0 Å². The Morgan fingerprint density at radius 3 is 1.85 bits per heavy atom. The van der Waals surface area contributed by atoms with Crippen LogP contribution in [0.1, 0.15) is 65.7 Å². The predicted octanol–water partition coefficient (Wildman–Crippen LogP) is 3.15. The molecule has 0 amide bonds. The second-order valence-electron chi connectivity index (χ2n) is 5.67. The average Bonchev–Trinajstić information content (AvgIpc) is 2.31. The first-order chi connectivity index (χ1) is 8.90. The van der Waals surface area contributed by atoms with Crippen LogP contribution < -0.4 is 0 Å². The van der Waals surface area contributed by atoms with Crippen LogP contribution in [0.25, 0.3) is 0 Å². The van der Waals surface area contributed by atoms with Gasteiger partial charge in [0.2, 0.25) is 0 Å². The third-order valence-corrected chi connectivity index (χ3v) is 3.76. The summed E-state index contributed by atoms with van der Waals surface area (Å²) in [5, 5.41) is 17.9. The Morgan fingerprint density at radius 1 is 0.950 bits per heavy atom. The van der Waals surface area contributed by atoms with E-state index in [1.54, 1.807) is 0 Å². The van der Waals surface area contributed by atoms with Crippen molar-refractivity contribution in [3.05, 3.63) is 0 Å². The van der Waals surface area contributed by atoms with E-state index in [0.717, 1.165) is 19.3 Å². The van der Waals surface area contributed by atoms with Gasteiger partial charge in [0, 0.05) is 0 Å². The van der Waals surface area contributed by atoms with Crippen molar-refractivity contribution < 1.29 is 19.8 Å². The Bertz CT molecular complexity index is 265. The molecular formula is C15H29KO4. The Kier molecular flexibility index (Phi) is 15.1. The molecule has 5 heteroatoms. The van der Waals surface area contributed by atoms with Crippen LogP contribution in [0.15, 0.2) is 0 Å². The minimum absolute atomic E-state index is 0. The van der Waals surface area contributed by atoms with Crippen LogP contribution in [0.5, 0.6) is 0 Å². The van der Waals surface area contributed by atoms with Gasteiger partial charge in [-0.3, -0.25) is 9.59 Å². The quantitative estimate of drug-likeness (QED) is 0.349. The monoisotopic (exact) mass is 312 g/mol. The Balaban J connectivity index is 0. The van der Waals surface area contributed by atoms with Crippen LogP contribution in [-0.4, -0.2) is 73.5 Å². The molecule has 0 aromatic heterocycles. The molecule has 114 valence electrons. The van der Waals surface area contributed by atoms with Crippen LogP contribution >= 0.6 is 0 Å². The van der Waals surface area contributed by atoms with Gasteiger partial charge in [0.25, 0.3) is 0 Å². The Hall–Kier alpha value is 0.576. The standard InChI is InChI=1S/C15H28O4.K.H/c1-4-5-6-7-8-9-12(11(2)3)10-13(14(16)17)15(18)19;;/h11-13H,4-10H2,1-3H3,(H,16,17)(H,18,19);;. The molecule has 20 heavy (non-hydrogen) atoms. The fourth-order valence-electron chi connectivity index (χ4n) is 2.34. The number of rotatable bonds is 11. The van der Waals surface area contributed by atoms with Gasteiger partial charge in [0.15, 0.2) is 5.92 Å². The van der Waals surface area contributed by atoms with Gasteiger partial charge in [-0.25, -0.2) is 0 Å². The molecule has 0 bridgehead atoms. The average molecular weight is 312 g/mol. The molecule has 0 fully saturated rings. The van der Waals surface area contributed by atoms with Crippen molar-refractivity contribution in [2.24, 2.45) is 17.8 Å². The van der Waals surface area contributed by atoms with Crippen molar-refractivity contribution in [1.82, 2.24) is 0 Å². The SMILES string of the molecule is CCCCCCCC(CC(C(=O)O)C(=O)O)C(C)C.[KH]. The van der Waals surface area contributed by atoms with Crippen molar-refractivity contribution in [2.45, 2.75) is 65.7 Å². The molecule has 0 aliphatic carbocycles. The number of carboxylic acids is 2. The van der Waals surface area contributed by atoms with Gasteiger partial charge in [-0.2, -0.15) is 0 Å². The Labute approximate surface area is 165 Å². The number of carbonyl (C=O) groups is 2. The van der Waals surface area contributed by atoms with Crippen LogP contribution in [0.2, 0.25) is 0 Å². The molecule has 0 saturated heterocycles. The maximum absolute atomic E-state index is 10.9. The summed E-state index contributed by atoms with van der Waals surface area (Å²) in [6.07, 6.45) is 7.04. The molecule has 0 aliphatic heterocycles. The van der Waals surface area contributed by atoms with Gasteiger partial charge in [0.1, 0.15) is 0 Å². The molecular weight excluding hydrogens is 283 g/mol. The van der Waals surface area contributed by atoms with Crippen LogP contribution in [-0.2, 0) is 9.59 Å². The third kappa shape index (κ3) is 10.3. The molecule has 2 N–H and O–H groups in total. The first-order valence-corrected chi connectivity index (χ1v) is 7.35. The van der Waals surface area contributed by atoms with E-state index in [2.05, 4.69) is 6.92 Å². The molecule has 0 aromatic carbocycles. The van der Waals surface area contributed by atoms with Crippen molar-refractivity contribution in [3.8, 4) is 0 Å². The molecule has 0 aromatic rings. The fourth-order valence-corrected chi connectivity index (χ4v) is 2.34. The number of carboxylic acid groups (broad SMARTS) is 2. The summed E-state index contributed by atoms with van der Waals surface area (Å²) in [6.45, 7) is 6.25. The van der Waals surface area contributed by atoms with Gasteiger partial charge in [-0.05, 0) is 18.3 Å². The molecule has 0 heterocycles. The molecule has 0 aliphatic rings. The summed E-state index contributed by atoms with van der Waals surface area (Å²) < 4.78 is 0. The van der Waals surface area contributed by atoms with Crippen molar-refractivity contribution >= 4 is 63.3 Å². The maximum atomic E-state index is 10.9. The molecule has 0 rings (SSSR count). The zero-order chi connectivity index (χ0) is 14.8. The van der Waals surface area contributed by atoms with Crippen LogP contribution in [0.4, 0.5) is 0 Å². The van der Waals surface area contributed by atoms with Gasteiger partial charge < -0.3 is 10.2 Å². The van der Waals surface area contributed by atoms with E-state index < -0.39 is 17.9 Å². The van der Waals surface area contributed by atoms with Gasteiger partial charge in [-0.15, -0.1) is 0 Å². The zero-order valence-electron chi connectivity index (χ0n) is 12.4. The summed E-state index contributed by atoms with van der Waals surface area (Å²) in [6, 6.07) is 0. The third-order valence-electron chi connectivity index (χ3n) is 3.76. The molecule has 1 unspecified atom stereocenters. The second kappa shape index (κ2) is 13.3. The number of aliphatic carboxylic acids is 2. The normalized spacial score (nSPS) is 12.2. The van der Waals surface area contributed by atoms with E-state index in [1.807, 2.05) is 13.8 Å². The summed E-state index contributed by atoms with van der Waals surface area (Å²) >= 11 is 0. The van der Waals surface area contributed by atoms with E-state index in [9.17, 15) is 9.59 Å². The van der Waals surface area contributed by atoms with E-state index in [-0.39, 0.29) is 63.7 Å². The van der Waals surface area contributed by atoms with E-state index in [1.165, 1.54) is 19.3 Å². The molecule has 0 saturated carbocycles. The van der Waals surface area contributed by atoms with Crippen molar-refractivity contribution in [3.63, 3.8) is 0 Å². The van der Waals surface area contributed by atoms with Gasteiger partial charge >= 0.3 is 63.3 Å². The van der Waals surface area contributed by atoms with E-state index in [4.69, 9.17) is 10.2 Å². The van der Waals surface area contributed by atoms with E-state index in [0.29, 0.717) is 5.92 Å². The minimum atomic E-state index is -1.26. The number of hydrogen-bond acceptors (Lipinski definition) is 2. The first kappa shape index (κ1) is 22.9. The molecule has 1 atom stereocenters.